The van der Waals surface area contributed by atoms with Gasteiger partial charge in [0, 0.05) is 11.6 Å². The molecule has 0 saturated carbocycles. The van der Waals surface area contributed by atoms with Gasteiger partial charge in [-0.15, -0.1) is 0 Å². The molecule has 0 heterocycles. The summed E-state index contributed by atoms with van der Waals surface area (Å²) in [7, 11) is 0. The third kappa shape index (κ3) is 3.01. The zero-order valence-electron chi connectivity index (χ0n) is 11.0. The molecule has 20 heavy (non-hydrogen) atoms. The molecule has 0 saturated heterocycles. The second-order valence-electron chi connectivity index (χ2n) is 5.44. The number of aliphatic carboxylic acids is 2. The van der Waals surface area contributed by atoms with E-state index in [2.05, 4.69) is 5.32 Å². The molecule has 0 bridgehead atoms. The minimum absolute atomic E-state index is 0.110. The first-order chi connectivity index (χ1) is 8.89. The van der Waals surface area contributed by atoms with Gasteiger partial charge in [-0.2, -0.15) is 0 Å². The molecule has 1 rings (SSSR count). The molecule has 0 amide bonds. The van der Waals surface area contributed by atoms with E-state index in [-0.39, 0.29) is 6.08 Å². The zero-order chi connectivity index (χ0) is 15.9. The van der Waals surface area contributed by atoms with Crippen molar-refractivity contribution in [3.63, 3.8) is 0 Å². The van der Waals surface area contributed by atoms with Crippen molar-refractivity contribution in [3.05, 3.63) is 23.3 Å². The van der Waals surface area contributed by atoms with Gasteiger partial charge in [0.2, 0.25) is 5.79 Å². The first-order valence-electron chi connectivity index (χ1n) is 5.62. The van der Waals surface area contributed by atoms with Crippen LogP contribution in [0.15, 0.2) is 23.3 Å². The fourth-order valence-electron chi connectivity index (χ4n) is 2.00. The number of rotatable bonds is 3. The van der Waals surface area contributed by atoms with Crippen molar-refractivity contribution >= 4 is 11.9 Å². The number of carboxylic acid groups (broad SMARTS) is 2. The maximum Gasteiger partial charge on any atom is 0.335 e. The van der Waals surface area contributed by atoms with Crippen LogP contribution < -0.4 is 5.32 Å². The summed E-state index contributed by atoms with van der Waals surface area (Å²) in [6.45, 7) is 4.40. The molecule has 2 unspecified atom stereocenters. The van der Waals surface area contributed by atoms with Crippen molar-refractivity contribution in [1.29, 1.82) is 0 Å². The van der Waals surface area contributed by atoms with Crippen LogP contribution in [-0.2, 0) is 9.59 Å². The number of halogens is 3. The summed E-state index contributed by atoms with van der Waals surface area (Å²) in [5.74, 6) is -13.0. The minimum Gasteiger partial charge on any atom is -0.481 e. The smallest absolute Gasteiger partial charge is 0.335 e. The van der Waals surface area contributed by atoms with E-state index in [0.717, 1.165) is 0 Å². The molecule has 0 radical (unpaired) electrons. The highest BCUT2D eigenvalue weighted by Crippen LogP contribution is 2.40. The minimum atomic E-state index is -3.06. The molecule has 3 N–H and O–H groups in total. The lowest BCUT2D eigenvalue weighted by atomic mass is 9.82. The van der Waals surface area contributed by atoms with Gasteiger partial charge in [-0.1, -0.05) is 0 Å². The first-order valence-corrected chi connectivity index (χ1v) is 5.62. The molecule has 0 aliphatic heterocycles. The zero-order valence-corrected chi connectivity index (χ0v) is 11.0. The fourth-order valence-corrected chi connectivity index (χ4v) is 2.00. The molecule has 8 heteroatoms. The molecule has 0 aromatic heterocycles. The topological polar surface area (TPSA) is 86.6 Å². The number of allylic oxidation sites excluding steroid dienone is 2. The van der Waals surface area contributed by atoms with Crippen LogP contribution in [0.2, 0.25) is 0 Å². The Morgan fingerprint density at radius 2 is 1.80 bits per heavy atom. The van der Waals surface area contributed by atoms with Crippen molar-refractivity contribution in [2.75, 3.05) is 0 Å². The Morgan fingerprint density at radius 3 is 2.15 bits per heavy atom. The van der Waals surface area contributed by atoms with E-state index in [1.807, 2.05) is 0 Å². The second-order valence-corrected chi connectivity index (χ2v) is 5.44. The quantitative estimate of drug-likeness (QED) is 0.692. The normalized spacial score (nSPS) is 27.3. The Bertz CT molecular complexity index is 521. The van der Waals surface area contributed by atoms with Crippen LogP contribution in [0.1, 0.15) is 20.8 Å². The molecular formula is C12H14F3NO4. The highest BCUT2D eigenvalue weighted by molar-refractivity contribution is 5.96. The van der Waals surface area contributed by atoms with E-state index in [4.69, 9.17) is 10.2 Å². The predicted molar refractivity (Wildman–Crippen MR) is 62.8 cm³/mol. The van der Waals surface area contributed by atoms with Crippen LogP contribution in [-0.4, -0.2) is 33.5 Å². The predicted octanol–water partition coefficient (Wildman–Crippen LogP) is 1.92. The largest absolute Gasteiger partial charge is 0.481 e. The fraction of sp³-hybridized carbons (Fsp3) is 0.500. The monoisotopic (exact) mass is 293 g/mol. The SMILES string of the molecule is CC(C)(C)NC1(F)C=C(F)C(F)=C(C(=O)O)C1C(=O)O. The lowest BCUT2D eigenvalue weighted by molar-refractivity contribution is -0.149. The van der Waals surface area contributed by atoms with Crippen LogP contribution in [0.25, 0.3) is 0 Å². The van der Waals surface area contributed by atoms with Crippen LogP contribution in [0.5, 0.6) is 0 Å². The van der Waals surface area contributed by atoms with Gasteiger partial charge in [-0.05, 0) is 20.8 Å². The molecule has 2 atom stereocenters. The van der Waals surface area contributed by atoms with E-state index >= 15 is 0 Å². The highest BCUT2D eigenvalue weighted by Gasteiger charge is 2.53. The van der Waals surface area contributed by atoms with Gasteiger partial charge < -0.3 is 10.2 Å². The highest BCUT2D eigenvalue weighted by atomic mass is 19.2. The van der Waals surface area contributed by atoms with Crippen LogP contribution >= 0.6 is 0 Å². The van der Waals surface area contributed by atoms with Gasteiger partial charge in [-0.25, -0.2) is 18.0 Å². The van der Waals surface area contributed by atoms with E-state index in [1.165, 1.54) is 20.8 Å². The van der Waals surface area contributed by atoms with Crippen molar-refractivity contribution in [1.82, 2.24) is 5.32 Å². The molecule has 112 valence electrons. The van der Waals surface area contributed by atoms with Gasteiger partial charge in [0.1, 0.15) is 5.92 Å². The van der Waals surface area contributed by atoms with Gasteiger partial charge >= 0.3 is 11.9 Å². The van der Waals surface area contributed by atoms with Gasteiger partial charge in [0.05, 0.1) is 5.57 Å². The van der Waals surface area contributed by atoms with Crippen molar-refractivity contribution < 1.29 is 33.0 Å². The second kappa shape index (κ2) is 4.93. The van der Waals surface area contributed by atoms with Gasteiger partial charge in [-0.3, -0.25) is 10.1 Å². The van der Waals surface area contributed by atoms with Gasteiger partial charge in [0.25, 0.3) is 0 Å². The molecule has 0 aromatic rings. The maximum absolute atomic E-state index is 14.7. The standard InChI is InChI=1S/C12H14F3NO4/c1-11(2,3)16-12(15)4-5(13)8(14)6(9(17)18)7(12)10(19)20/h4,7,16H,1-3H3,(H,17,18)(H,19,20). The number of alkyl halides is 1. The third-order valence-electron chi connectivity index (χ3n) is 2.54. The molecule has 5 nitrogen and oxygen atoms in total. The lowest BCUT2D eigenvalue weighted by Gasteiger charge is -2.37. The maximum atomic E-state index is 14.7. The Hall–Kier alpha value is -1.83. The average molecular weight is 293 g/mol. The van der Waals surface area contributed by atoms with E-state index in [9.17, 15) is 22.8 Å². The Labute approximate surface area is 112 Å². The number of nitrogens with one attached hydrogen (secondary N) is 1. The molecule has 0 aromatic carbocycles. The number of hydrogen-bond acceptors (Lipinski definition) is 3. The summed E-state index contributed by atoms with van der Waals surface area (Å²) in [6, 6.07) is 0. The molecule has 0 fully saturated rings. The van der Waals surface area contributed by atoms with E-state index in [0.29, 0.717) is 0 Å². The van der Waals surface area contributed by atoms with Crippen molar-refractivity contribution in [3.8, 4) is 0 Å². The summed E-state index contributed by atoms with van der Waals surface area (Å²) >= 11 is 0. The number of carboxylic acids is 2. The van der Waals surface area contributed by atoms with E-state index in [1.54, 1.807) is 0 Å². The molecule has 1 aliphatic carbocycles. The summed E-state index contributed by atoms with van der Waals surface area (Å²) < 4.78 is 41.6. The third-order valence-corrected chi connectivity index (χ3v) is 2.54. The summed E-state index contributed by atoms with van der Waals surface area (Å²) in [6.07, 6.45) is 0.110. The summed E-state index contributed by atoms with van der Waals surface area (Å²) in [4.78, 5) is 22.1. The number of hydrogen-bond donors (Lipinski definition) is 3. The average Bonchev–Trinajstić information content (AvgIpc) is 2.18. The molecule has 0 spiro atoms. The number of carbonyl (C=O) groups is 2. The van der Waals surface area contributed by atoms with Crippen LogP contribution in [0.3, 0.4) is 0 Å². The summed E-state index contributed by atoms with van der Waals surface area (Å²) in [5.41, 5.74) is -2.46. The van der Waals surface area contributed by atoms with Crippen LogP contribution in [0, 0.1) is 5.92 Å². The van der Waals surface area contributed by atoms with Crippen molar-refractivity contribution in [2.45, 2.75) is 32.1 Å². The Kier molecular flexibility index (Phi) is 4.00. The van der Waals surface area contributed by atoms with Crippen molar-refractivity contribution in [2.24, 2.45) is 5.92 Å². The summed E-state index contributed by atoms with van der Waals surface area (Å²) in [5, 5.41) is 20.0. The van der Waals surface area contributed by atoms with Gasteiger partial charge in [0.15, 0.2) is 11.7 Å². The van der Waals surface area contributed by atoms with E-state index < -0.39 is 46.4 Å². The Morgan fingerprint density at radius 1 is 1.30 bits per heavy atom. The lowest BCUT2D eigenvalue weighted by Crippen LogP contribution is -2.58. The van der Waals surface area contributed by atoms with Crippen LogP contribution in [0.4, 0.5) is 13.2 Å². The molecule has 1 aliphatic rings. The molecular weight excluding hydrogens is 279 g/mol. The Balaban J connectivity index is 3.48. The first kappa shape index (κ1) is 16.2.